The highest BCUT2D eigenvalue weighted by atomic mass is 16.5. The average Bonchev–Trinajstić information content (AvgIpc) is 2.86. The van der Waals surface area contributed by atoms with E-state index < -0.39 is 17.7 Å². The first kappa shape index (κ1) is 18.8. The van der Waals surface area contributed by atoms with Crippen molar-refractivity contribution in [3.63, 3.8) is 0 Å². The van der Waals surface area contributed by atoms with E-state index >= 15 is 0 Å². The van der Waals surface area contributed by atoms with Crippen LogP contribution in [0.25, 0.3) is 0 Å². The Balaban J connectivity index is 2.54. The van der Waals surface area contributed by atoms with E-state index in [4.69, 9.17) is 14.2 Å². The van der Waals surface area contributed by atoms with Crippen LogP contribution in [0.4, 0.5) is 0 Å². The van der Waals surface area contributed by atoms with Gasteiger partial charge in [0.2, 0.25) is 0 Å². The molecule has 1 heterocycles. The fourth-order valence-corrected chi connectivity index (χ4v) is 3.00. The number of hydrogen-bond donors (Lipinski definition) is 1. The van der Waals surface area contributed by atoms with Gasteiger partial charge in [0.25, 0.3) is 5.91 Å². The molecule has 1 aliphatic rings. The summed E-state index contributed by atoms with van der Waals surface area (Å²) in [5.41, 5.74) is 0.649. The average molecular weight is 349 g/mol. The van der Waals surface area contributed by atoms with Crippen LogP contribution in [0, 0.1) is 0 Å². The van der Waals surface area contributed by atoms with Crippen molar-refractivity contribution in [2.45, 2.75) is 19.4 Å². The van der Waals surface area contributed by atoms with Crippen molar-refractivity contribution in [1.29, 1.82) is 0 Å². The fraction of sp³-hybridized carbons (Fsp3) is 0.444. The minimum absolute atomic E-state index is 0.0639. The maximum absolute atomic E-state index is 12.5. The summed E-state index contributed by atoms with van der Waals surface area (Å²) in [4.78, 5) is 26.1. The summed E-state index contributed by atoms with van der Waals surface area (Å²) < 4.78 is 15.7. The summed E-state index contributed by atoms with van der Waals surface area (Å²) in [6, 6.07) is 4.42. The summed E-state index contributed by atoms with van der Waals surface area (Å²) in [5.74, 6) is -0.385. The first-order valence-corrected chi connectivity index (χ1v) is 7.92. The maximum atomic E-state index is 12.5. The van der Waals surface area contributed by atoms with Crippen LogP contribution in [0.1, 0.15) is 24.9 Å². The highest BCUT2D eigenvalue weighted by molar-refractivity contribution is 6.08. The zero-order valence-electron chi connectivity index (χ0n) is 14.9. The van der Waals surface area contributed by atoms with Crippen LogP contribution in [0.15, 0.2) is 29.5 Å². The molecule has 1 N–H and O–H groups in total. The van der Waals surface area contributed by atoms with Gasteiger partial charge in [0.1, 0.15) is 11.5 Å². The van der Waals surface area contributed by atoms with Crippen LogP contribution in [0.3, 0.4) is 0 Å². The Hall–Kier alpha value is -2.54. The maximum Gasteiger partial charge on any atom is 0.290 e. The molecule has 25 heavy (non-hydrogen) atoms. The molecule has 1 aromatic rings. The Kier molecular flexibility index (Phi) is 6.03. The van der Waals surface area contributed by atoms with Gasteiger partial charge in [-0.1, -0.05) is 0 Å². The Morgan fingerprint density at radius 2 is 1.96 bits per heavy atom. The number of aliphatic hydroxyl groups excluding tert-OH is 1. The number of carbonyl (C=O) groups is 2. The van der Waals surface area contributed by atoms with E-state index in [1.54, 1.807) is 25.3 Å². The number of methoxy groups -OCH3 is 3. The van der Waals surface area contributed by atoms with Gasteiger partial charge in [-0.3, -0.25) is 9.59 Å². The smallest absolute Gasteiger partial charge is 0.290 e. The lowest BCUT2D eigenvalue weighted by atomic mass is 9.95. The summed E-state index contributed by atoms with van der Waals surface area (Å²) in [5, 5.41) is 10.2. The molecule has 0 spiro atoms. The molecule has 0 aromatic heterocycles. The summed E-state index contributed by atoms with van der Waals surface area (Å²) >= 11 is 0. The first-order valence-electron chi connectivity index (χ1n) is 7.92. The first-order chi connectivity index (χ1) is 12.0. The SMILES string of the molecule is COCCCN1C(=O)C(O)=C(C(C)=O)C1c1cc(OC)ccc1OC. The Morgan fingerprint density at radius 3 is 2.52 bits per heavy atom. The van der Waals surface area contributed by atoms with Crippen molar-refractivity contribution in [2.75, 3.05) is 34.5 Å². The molecule has 0 bridgehead atoms. The number of amides is 1. The van der Waals surface area contributed by atoms with E-state index in [1.165, 1.54) is 26.0 Å². The standard InChI is InChI=1S/C18H23NO6/c1-11(20)15-16(13-10-12(24-3)6-7-14(13)25-4)19(8-5-9-23-2)18(22)17(15)21/h6-7,10,16,21H,5,8-9H2,1-4H3. The zero-order valence-corrected chi connectivity index (χ0v) is 14.9. The highest BCUT2D eigenvalue weighted by Gasteiger charge is 2.43. The van der Waals surface area contributed by atoms with Gasteiger partial charge in [-0.2, -0.15) is 0 Å². The molecule has 1 atom stereocenters. The molecule has 1 unspecified atom stereocenters. The van der Waals surface area contributed by atoms with E-state index in [0.29, 0.717) is 36.6 Å². The van der Waals surface area contributed by atoms with Gasteiger partial charge in [-0.15, -0.1) is 0 Å². The van der Waals surface area contributed by atoms with E-state index in [9.17, 15) is 14.7 Å². The predicted octanol–water partition coefficient (Wildman–Crippen LogP) is 2.02. The number of ketones is 1. The van der Waals surface area contributed by atoms with Crippen molar-refractivity contribution in [1.82, 2.24) is 4.90 Å². The lowest BCUT2D eigenvalue weighted by Gasteiger charge is -2.28. The van der Waals surface area contributed by atoms with Crippen molar-refractivity contribution in [3.05, 3.63) is 35.1 Å². The number of benzene rings is 1. The van der Waals surface area contributed by atoms with Gasteiger partial charge >= 0.3 is 0 Å². The molecule has 0 saturated carbocycles. The van der Waals surface area contributed by atoms with Crippen molar-refractivity contribution in [2.24, 2.45) is 0 Å². The number of carbonyl (C=O) groups excluding carboxylic acids is 2. The lowest BCUT2D eigenvalue weighted by molar-refractivity contribution is -0.129. The number of Topliss-reactive ketones (excluding diaryl/α,β-unsaturated/α-hetero) is 1. The lowest BCUT2D eigenvalue weighted by Crippen LogP contribution is -2.32. The van der Waals surface area contributed by atoms with E-state index in [-0.39, 0.29) is 11.4 Å². The molecule has 7 nitrogen and oxygen atoms in total. The van der Waals surface area contributed by atoms with Crippen molar-refractivity contribution in [3.8, 4) is 11.5 Å². The van der Waals surface area contributed by atoms with Crippen LogP contribution in [-0.4, -0.2) is 56.2 Å². The van der Waals surface area contributed by atoms with Gasteiger partial charge in [0.05, 0.1) is 25.8 Å². The molecule has 0 radical (unpaired) electrons. The molecular formula is C18H23NO6. The second kappa shape index (κ2) is 8.02. The van der Waals surface area contributed by atoms with Gasteiger partial charge in [0, 0.05) is 25.8 Å². The van der Waals surface area contributed by atoms with E-state index in [2.05, 4.69) is 0 Å². The van der Waals surface area contributed by atoms with Crippen LogP contribution in [0.5, 0.6) is 11.5 Å². The predicted molar refractivity (Wildman–Crippen MR) is 90.8 cm³/mol. The Bertz CT molecular complexity index is 697. The van der Waals surface area contributed by atoms with Crippen LogP contribution >= 0.6 is 0 Å². The molecule has 7 heteroatoms. The molecule has 0 fully saturated rings. The third kappa shape index (κ3) is 3.61. The molecule has 0 saturated heterocycles. The monoisotopic (exact) mass is 349 g/mol. The molecule has 0 aliphatic carbocycles. The molecule has 136 valence electrons. The molecule has 2 rings (SSSR count). The Labute approximate surface area is 146 Å². The van der Waals surface area contributed by atoms with Gasteiger partial charge in [-0.25, -0.2) is 0 Å². The molecule has 1 aliphatic heterocycles. The number of hydrogen-bond acceptors (Lipinski definition) is 6. The van der Waals surface area contributed by atoms with Crippen LogP contribution < -0.4 is 9.47 Å². The molecule has 1 aromatic carbocycles. The minimum Gasteiger partial charge on any atom is -0.503 e. The van der Waals surface area contributed by atoms with Crippen molar-refractivity contribution < 1.29 is 28.9 Å². The number of nitrogens with zero attached hydrogens (tertiary/aromatic N) is 1. The minimum atomic E-state index is -0.730. The van der Waals surface area contributed by atoms with Gasteiger partial charge < -0.3 is 24.2 Å². The fourth-order valence-electron chi connectivity index (χ4n) is 3.00. The van der Waals surface area contributed by atoms with E-state index in [0.717, 1.165) is 0 Å². The number of rotatable bonds is 8. The summed E-state index contributed by atoms with van der Waals surface area (Å²) in [6.45, 7) is 2.12. The second-order valence-electron chi connectivity index (χ2n) is 5.67. The van der Waals surface area contributed by atoms with Gasteiger partial charge in [0.15, 0.2) is 11.5 Å². The van der Waals surface area contributed by atoms with Crippen LogP contribution in [0.2, 0.25) is 0 Å². The quantitative estimate of drug-likeness (QED) is 0.723. The second-order valence-corrected chi connectivity index (χ2v) is 5.67. The molecule has 1 amide bonds. The highest BCUT2D eigenvalue weighted by Crippen LogP contribution is 2.42. The third-order valence-electron chi connectivity index (χ3n) is 4.16. The third-order valence-corrected chi connectivity index (χ3v) is 4.16. The molecular weight excluding hydrogens is 326 g/mol. The number of aliphatic hydroxyl groups is 1. The normalized spacial score (nSPS) is 17.2. The van der Waals surface area contributed by atoms with Crippen LogP contribution in [-0.2, 0) is 14.3 Å². The van der Waals surface area contributed by atoms with E-state index in [1.807, 2.05) is 0 Å². The number of ether oxygens (including phenoxy) is 3. The summed E-state index contributed by atoms with van der Waals surface area (Å²) in [7, 11) is 4.61. The van der Waals surface area contributed by atoms with Gasteiger partial charge in [-0.05, 0) is 31.5 Å². The topological polar surface area (TPSA) is 85.3 Å². The Morgan fingerprint density at radius 1 is 1.24 bits per heavy atom. The largest absolute Gasteiger partial charge is 0.503 e. The van der Waals surface area contributed by atoms with Crippen molar-refractivity contribution >= 4 is 11.7 Å². The summed E-state index contributed by atoms with van der Waals surface area (Å²) in [6.07, 6.45) is 0.573. The zero-order chi connectivity index (χ0) is 18.6.